The predicted octanol–water partition coefficient (Wildman–Crippen LogP) is 19.6. The van der Waals surface area contributed by atoms with Crippen LogP contribution < -0.4 is 0 Å². The smallest absolute Gasteiger partial charge is 0.462 e. The van der Waals surface area contributed by atoms with Crippen molar-refractivity contribution in [1.82, 2.24) is 0 Å². The number of phosphoric ester groups is 2. The molecule has 17 nitrogen and oxygen atoms in total. The van der Waals surface area contributed by atoms with Gasteiger partial charge in [-0.3, -0.25) is 37.3 Å². The Kier molecular flexibility index (Phi) is 59.9. The third kappa shape index (κ3) is 61.6. The van der Waals surface area contributed by atoms with Crippen molar-refractivity contribution in [3.8, 4) is 0 Å². The second-order valence-electron chi connectivity index (χ2n) is 25.6. The number of aliphatic hydroxyl groups is 1. The average molecular weight is 1300 g/mol. The van der Waals surface area contributed by atoms with Crippen LogP contribution in [0.4, 0.5) is 0 Å². The molecule has 0 saturated carbocycles. The monoisotopic (exact) mass is 1300 g/mol. The molecule has 522 valence electrons. The number of aliphatic hydroxyl groups excluding tert-OH is 1. The van der Waals surface area contributed by atoms with Crippen LogP contribution in [0, 0.1) is 11.8 Å². The molecule has 0 fully saturated rings. The molecule has 88 heavy (non-hydrogen) atoms. The molecule has 0 bridgehead atoms. The molecule has 0 aromatic carbocycles. The molecule has 0 aliphatic carbocycles. The first-order valence-corrected chi connectivity index (χ1v) is 39.0. The predicted molar refractivity (Wildman–Crippen MR) is 354 cm³/mol. The van der Waals surface area contributed by atoms with Crippen LogP contribution in [0.1, 0.15) is 350 Å². The maximum atomic E-state index is 13.0. The maximum absolute atomic E-state index is 13.0. The van der Waals surface area contributed by atoms with Crippen molar-refractivity contribution in [1.29, 1.82) is 0 Å². The van der Waals surface area contributed by atoms with E-state index in [1.165, 1.54) is 167 Å². The number of rotatable bonds is 68. The maximum Gasteiger partial charge on any atom is 0.472 e. The number of carbonyl (C=O) groups is 4. The van der Waals surface area contributed by atoms with E-state index in [0.29, 0.717) is 25.7 Å². The standard InChI is InChI=1S/C69H134O17P2/c1-7-10-12-14-16-18-20-29-35-41-47-53-68(73)85-64(57-79-66(71)51-45-39-33-27-19-17-15-13-11-8-2)59-83-87(75,76)81-55-63(70)56-82-88(77,78)84-60-65(58-80-67(72)52-46-40-34-28-23-21-25-31-37-43-49-61(4)5)86-69(74)54-48-42-36-30-24-22-26-32-38-44-50-62(6)9-3/h61-65,70H,7-60H2,1-6H3,(H,75,76)(H,77,78)/t62?,63-,64+,65+/m0/s1. The van der Waals surface area contributed by atoms with Crippen LogP contribution in [0.5, 0.6) is 0 Å². The van der Waals surface area contributed by atoms with Crippen molar-refractivity contribution in [2.75, 3.05) is 39.6 Å². The summed E-state index contributed by atoms with van der Waals surface area (Å²) in [6.07, 6.45) is 45.6. The molecular weight excluding hydrogens is 1160 g/mol. The highest BCUT2D eigenvalue weighted by atomic mass is 31.2. The second kappa shape index (κ2) is 61.3. The van der Waals surface area contributed by atoms with Crippen molar-refractivity contribution < 1.29 is 80.2 Å². The SMILES string of the molecule is CCCCCCCCCCCCCC(=O)O[C@H](COC(=O)CCCCCCCCCCCC)COP(=O)(O)OC[C@H](O)COP(=O)(O)OC[C@@H](COC(=O)CCCCCCCCCCCCC(C)C)OC(=O)CCCCCCCCCCCCC(C)CC. The van der Waals surface area contributed by atoms with Gasteiger partial charge < -0.3 is 33.8 Å². The number of ether oxygens (including phenoxy) is 4. The summed E-state index contributed by atoms with van der Waals surface area (Å²) >= 11 is 0. The van der Waals surface area contributed by atoms with Gasteiger partial charge in [0.05, 0.1) is 26.4 Å². The molecule has 0 aromatic rings. The Morgan fingerprint density at radius 1 is 0.330 bits per heavy atom. The van der Waals surface area contributed by atoms with Crippen LogP contribution in [-0.2, 0) is 65.4 Å². The van der Waals surface area contributed by atoms with Crippen LogP contribution in [0.15, 0.2) is 0 Å². The molecule has 3 unspecified atom stereocenters. The summed E-state index contributed by atoms with van der Waals surface area (Å²) in [5.74, 6) is -0.563. The van der Waals surface area contributed by atoms with E-state index in [1.807, 2.05) is 0 Å². The summed E-state index contributed by atoms with van der Waals surface area (Å²) in [5.41, 5.74) is 0. The van der Waals surface area contributed by atoms with Crippen molar-refractivity contribution in [2.45, 2.75) is 368 Å². The minimum absolute atomic E-state index is 0.106. The highest BCUT2D eigenvalue weighted by molar-refractivity contribution is 7.47. The summed E-state index contributed by atoms with van der Waals surface area (Å²) in [5, 5.41) is 10.6. The topological polar surface area (TPSA) is 237 Å². The van der Waals surface area contributed by atoms with Gasteiger partial charge in [-0.25, -0.2) is 9.13 Å². The van der Waals surface area contributed by atoms with Gasteiger partial charge in [-0.15, -0.1) is 0 Å². The molecule has 0 heterocycles. The minimum atomic E-state index is -4.95. The molecule has 6 atom stereocenters. The molecule has 0 amide bonds. The zero-order valence-corrected chi connectivity index (χ0v) is 58.8. The van der Waals surface area contributed by atoms with E-state index >= 15 is 0 Å². The summed E-state index contributed by atoms with van der Waals surface area (Å²) in [4.78, 5) is 72.5. The Bertz CT molecular complexity index is 1720. The van der Waals surface area contributed by atoms with E-state index in [9.17, 15) is 43.2 Å². The fraction of sp³-hybridized carbons (Fsp3) is 0.942. The average Bonchev–Trinajstić information content (AvgIpc) is 3.53. The molecule has 0 aliphatic heterocycles. The van der Waals surface area contributed by atoms with Crippen LogP contribution in [0.3, 0.4) is 0 Å². The molecular formula is C69H134O17P2. The molecule has 3 N–H and O–H groups in total. The van der Waals surface area contributed by atoms with Crippen molar-refractivity contribution in [3.63, 3.8) is 0 Å². The van der Waals surface area contributed by atoms with Gasteiger partial charge in [0, 0.05) is 25.7 Å². The molecule has 19 heteroatoms. The lowest BCUT2D eigenvalue weighted by Crippen LogP contribution is -2.30. The number of phosphoric acid groups is 2. The van der Waals surface area contributed by atoms with Crippen molar-refractivity contribution in [3.05, 3.63) is 0 Å². The van der Waals surface area contributed by atoms with Gasteiger partial charge in [0.15, 0.2) is 12.2 Å². The van der Waals surface area contributed by atoms with Crippen LogP contribution in [0.2, 0.25) is 0 Å². The highest BCUT2D eigenvalue weighted by Crippen LogP contribution is 2.45. The Labute approximate surface area is 537 Å². The van der Waals surface area contributed by atoms with Crippen molar-refractivity contribution >= 4 is 39.5 Å². The van der Waals surface area contributed by atoms with Crippen molar-refractivity contribution in [2.24, 2.45) is 11.8 Å². The van der Waals surface area contributed by atoms with Crippen LogP contribution >= 0.6 is 15.6 Å². The first-order valence-electron chi connectivity index (χ1n) is 36.0. The number of esters is 4. The molecule has 0 spiro atoms. The zero-order valence-electron chi connectivity index (χ0n) is 57.0. The molecule has 0 saturated heterocycles. The zero-order chi connectivity index (χ0) is 65.0. The van der Waals surface area contributed by atoms with Gasteiger partial charge in [-0.05, 0) is 37.5 Å². The van der Waals surface area contributed by atoms with E-state index in [1.54, 1.807) is 0 Å². The lowest BCUT2D eigenvalue weighted by molar-refractivity contribution is -0.161. The number of hydrogen-bond donors (Lipinski definition) is 3. The van der Waals surface area contributed by atoms with E-state index < -0.39 is 97.5 Å². The summed E-state index contributed by atoms with van der Waals surface area (Å²) in [6, 6.07) is 0. The molecule has 0 radical (unpaired) electrons. The summed E-state index contributed by atoms with van der Waals surface area (Å²) in [6.45, 7) is 9.55. The Hall–Kier alpha value is -1.94. The minimum Gasteiger partial charge on any atom is -0.462 e. The van der Waals surface area contributed by atoms with Gasteiger partial charge in [0.2, 0.25) is 0 Å². The summed E-state index contributed by atoms with van der Waals surface area (Å²) in [7, 11) is -9.90. The van der Waals surface area contributed by atoms with Crippen LogP contribution in [0.25, 0.3) is 0 Å². The first kappa shape index (κ1) is 86.1. The van der Waals surface area contributed by atoms with Gasteiger partial charge in [-0.2, -0.15) is 0 Å². The quantitative estimate of drug-likeness (QED) is 0.0222. The fourth-order valence-electron chi connectivity index (χ4n) is 10.4. The molecule has 0 aliphatic rings. The lowest BCUT2D eigenvalue weighted by Gasteiger charge is -2.21. The Balaban J connectivity index is 5.25. The van der Waals surface area contributed by atoms with E-state index in [2.05, 4.69) is 41.5 Å². The van der Waals surface area contributed by atoms with Gasteiger partial charge in [0.1, 0.15) is 19.3 Å². The fourth-order valence-corrected chi connectivity index (χ4v) is 12.0. The highest BCUT2D eigenvalue weighted by Gasteiger charge is 2.30. The van der Waals surface area contributed by atoms with Gasteiger partial charge >= 0.3 is 39.5 Å². The second-order valence-corrected chi connectivity index (χ2v) is 28.5. The third-order valence-electron chi connectivity index (χ3n) is 16.3. The van der Waals surface area contributed by atoms with Gasteiger partial charge in [-0.1, -0.05) is 298 Å². The normalized spacial score (nSPS) is 14.5. The number of hydrogen-bond acceptors (Lipinski definition) is 15. The molecule has 0 rings (SSSR count). The van der Waals surface area contributed by atoms with Gasteiger partial charge in [0.25, 0.3) is 0 Å². The van der Waals surface area contributed by atoms with Crippen LogP contribution in [-0.4, -0.2) is 96.7 Å². The van der Waals surface area contributed by atoms with E-state index in [0.717, 1.165) is 102 Å². The third-order valence-corrected chi connectivity index (χ3v) is 18.2. The molecule has 0 aromatic heterocycles. The lowest BCUT2D eigenvalue weighted by atomic mass is 9.99. The summed E-state index contributed by atoms with van der Waals surface area (Å²) < 4.78 is 68.2. The first-order chi connectivity index (χ1) is 42.4. The van der Waals surface area contributed by atoms with E-state index in [4.69, 9.17) is 37.0 Å². The number of unbranched alkanes of at least 4 members (excludes halogenated alkanes) is 37. The number of carbonyl (C=O) groups excluding carboxylic acids is 4. The Morgan fingerprint density at radius 2 is 0.580 bits per heavy atom. The largest absolute Gasteiger partial charge is 0.472 e. The Morgan fingerprint density at radius 3 is 0.864 bits per heavy atom. The van der Waals surface area contributed by atoms with E-state index in [-0.39, 0.29) is 25.7 Å².